The van der Waals surface area contributed by atoms with Crippen LogP contribution in [0.2, 0.25) is 0 Å². The number of hydrogen-bond acceptors (Lipinski definition) is 4. The number of H-pyrrole nitrogens is 1. The van der Waals surface area contributed by atoms with Gasteiger partial charge in [0.1, 0.15) is 5.92 Å². The third-order valence-electron chi connectivity index (χ3n) is 6.55. The number of piperidine rings is 1. The highest BCUT2D eigenvalue weighted by Gasteiger charge is 2.34. The molecule has 0 bridgehead atoms. The average Bonchev–Trinajstić information content (AvgIpc) is 3.53. The Labute approximate surface area is 217 Å². The molecule has 1 unspecified atom stereocenters. The number of aromatic nitrogens is 2. The molecule has 38 heavy (non-hydrogen) atoms. The fourth-order valence-corrected chi connectivity index (χ4v) is 4.64. The van der Waals surface area contributed by atoms with Gasteiger partial charge in [-0.25, -0.2) is 13.8 Å². The van der Waals surface area contributed by atoms with Gasteiger partial charge in [-0.3, -0.25) is 14.4 Å². The van der Waals surface area contributed by atoms with E-state index in [-0.39, 0.29) is 30.8 Å². The summed E-state index contributed by atoms with van der Waals surface area (Å²) < 4.78 is 26.7. The summed E-state index contributed by atoms with van der Waals surface area (Å²) in [5.41, 5.74) is 4.07. The van der Waals surface area contributed by atoms with Crippen molar-refractivity contribution in [1.82, 2.24) is 20.2 Å². The van der Waals surface area contributed by atoms with E-state index in [1.165, 1.54) is 11.0 Å². The maximum Gasteiger partial charge on any atom is 0.256 e. The molecule has 2 aromatic carbocycles. The highest BCUT2D eigenvalue weighted by Crippen LogP contribution is 2.33. The Morgan fingerprint density at radius 2 is 2.03 bits per heavy atom. The average molecular weight is 518 g/mol. The van der Waals surface area contributed by atoms with Gasteiger partial charge < -0.3 is 20.5 Å². The molecule has 194 valence electrons. The van der Waals surface area contributed by atoms with E-state index >= 15 is 0 Å². The van der Waals surface area contributed by atoms with Crippen molar-refractivity contribution in [3.63, 3.8) is 0 Å². The lowest BCUT2D eigenvalue weighted by Gasteiger charge is -2.31. The maximum atomic E-state index is 13.5. The second-order valence-corrected chi connectivity index (χ2v) is 9.17. The Hall–Kier alpha value is -4.60. The van der Waals surface area contributed by atoms with Crippen molar-refractivity contribution in [3.05, 3.63) is 89.0 Å². The van der Waals surface area contributed by atoms with Crippen LogP contribution < -0.4 is 10.6 Å². The predicted molar refractivity (Wildman–Crippen MR) is 138 cm³/mol. The van der Waals surface area contributed by atoms with Gasteiger partial charge in [-0.15, -0.1) is 0 Å². The largest absolute Gasteiger partial charge is 0.352 e. The molecule has 10 heteroatoms. The van der Waals surface area contributed by atoms with Crippen LogP contribution in [0.5, 0.6) is 0 Å². The summed E-state index contributed by atoms with van der Waals surface area (Å²) in [6.45, 7) is 0.794. The molecular formula is C28H25F2N5O3. The zero-order valence-corrected chi connectivity index (χ0v) is 20.3. The normalized spacial score (nSPS) is 18.2. The van der Waals surface area contributed by atoms with Crippen LogP contribution in [-0.4, -0.2) is 45.7 Å². The number of imidazole rings is 1. The number of nitrogens with one attached hydrogen (secondary N) is 3. The summed E-state index contributed by atoms with van der Waals surface area (Å²) in [6, 6.07) is 9.11. The molecule has 5 rings (SSSR count). The van der Waals surface area contributed by atoms with Gasteiger partial charge in [-0.1, -0.05) is 30.4 Å². The lowest BCUT2D eigenvalue weighted by Crippen LogP contribution is -2.47. The fourth-order valence-electron chi connectivity index (χ4n) is 4.64. The van der Waals surface area contributed by atoms with Crippen LogP contribution in [0.1, 0.15) is 35.2 Å². The number of amides is 3. The van der Waals surface area contributed by atoms with Crippen LogP contribution in [0.3, 0.4) is 0 Å². The summed E-state index contributed by atoms with van der Waals surface area (Å²) in [5, 5.41) is 5.63. The van der Waals surface area contributed by atoms with Gasteiger partial charge in [-0.05, 0) is 48.2 Å². The van der Waals surface area contributed by atoms with E-state index in [2.05, 4.69) is 20.6 Å². The summed E-state index contributed by atoms with van der Waals surface area (Å²) in [7, 11) is 0. The van der Waals surface area contributed by atoms with Gasteiger partial charge in [0.05, 0.1) is 23.8 Å². The Bertz CT molecular complexity index is 1450. The molecule has 1 aromatic heterocycles. The van der Waals surface area contributed by atoms with Crippen LogP contribution in [0.4, 0.5) is 14.5 Å². The minimum atomic E-state index is -0.968. The molecule has 1 saturated heterocycles. The topological polar surface area (TPSA) is 107 Å². The monoisotopic (exact) mass is 517 g/mol. The van der Waals surface area contributed by atoms with Crippen LogP contribution in [-0.2, 0) is 20.9 Å². The number of benzene rings is 2. The quantitative estimate of drug-likeness (QED) is 0.328. The zero-order chi connectivity index (χ0) is 26.6. The van der Waals surface area contributed by atoms with Crippen molar-refractivity contribution in [3.8, 4) is 0 Å². The van der Waals surface area contributed by atoms with Crippen molar-refractivity contribution in [1.29, 1.82) is 0 Å². The van der Waals surface area contributed by atoms with E-state index in [4.69, 9.17) is 0 Å². The number of carbonyl (C=O) groups excluding carboxylic acids is 3. The van der Waals surface area contributed by atoms with Gasteiger partial charge in [0.2, 0.25) is 11.8 Å². The van der Waals surface area contributed by atoms with Gasteiger partial charge in [0, 0.05) is 30.9 Å². The van der Waals surface area contributed by atoms with Crippen LogP contribution in [0.25, 0.3) is 17.7 Å². The lowest BCUT2D eigenvalue weighted by molar-refractivity contribution is -0.145. The third kappa shape index (κ3) is 5.39. The zero-order valence-electron chi connectivity index (χ0n) is 20.3. The Morgan fingerprint density at radius 1 is 1.16 bits per heavy atom. The van der Waals surface area contributed by atoms with Gasteiger partial charge in [0.25, 0.3) is 5.91 Å². The molecule has 3 heterocycles. The van der Waals surface area contributed by atoms with E-state index < -0.39 is 17.6 Å². The molecular weight excluding hydrogens is 492 g/mol. The van der Waals surface area contributed by atoms with Crippen molar-refractivity contribution in [2.75, 3.05) is 18.4 Å². The van der Waals surface area contributed by atoms with Crippen LogP contribution >= 0.6 is 0 Å². The standard InChI is InChI=1S/C28H25F2N5O3/c29-23-8-6-18(11-24(23)30)15-35-10-2-4-21(28(35)38)26(36)32-9-1-3-17-5-7-20-22(13-19-14-31-16-33-19)27(37)34-25(20)12-17/h1,3,5-8,11-14,16,21H,2,4,9-10,15H2,(H,31,33)(H,32,36)(H,34,37). The van der Waals surface area contributed by atoms with Gasteiger partial charge in [-0.2, -0.15) is 0 Å². The smallest absolute Gasteiger partial charge is 0.256 e. The predicted octanol–water partition coefficient (Wildman–Crippen LogP) is 3.75. The van der Waals surface area contributed by atoms with E-state index in [9.17, 15) is 23.2 Å². The molecule has 3 aromatic rings. The maximum absolute atomic E-state index is 13.5. The van der Waals surface area contributed by atoms with E-state index in [1.54, 1.807) is 24.7 Å². The van der Waals surface area contributed by atoms with Gasteiger partial charge in [0.15, 0.2) is 11.6 Å². The number of halogens is 2. The SMILES string of the molecule is O=C1Nc2cc(C=CCNC(=O)C3CCCN(Cc4ccc(F)c(F)c4)C3=O)ccc2C1=Cc1cnc[nH]1. The third-order valence-corrected chi connectivity index (χ3v) is 6.55. The molecule has 2 aliphatic heterocycles. The molecule has 0 radical (unpaired) electrons. The first kappa shape index (κ1) is 25.1. The molecule has 2 aliphatic rings. The lowest BCUT2D eigenvalue weighted by atomic mass is 9.95. The molecule has 0 aliphatic carbocycles. The summed E-state index contributed by atoms with van der Waals surface area (Å²) in [6.07, 6.45) is 9.58. The first-order chi connectivity index (χ1) is 18.4. The Kier molecular flexibility index (Phi) is 7.12. The molecule has 0 saturated carbocycles. The van der Waals surface area contributed by atoms with Crippen molar-refractivity contribution < 1.29 is 23.2 Å². The molecule has 8 nitrogen and oxygen atoms in total. The first-order valence-corrected chi connectivity index (χ1v) is 12.2. The second-order valence-electron chi connectivity index (χ2n) is 9.17. The van der Waals surface area contributed by atoms with Crippen LogP contribution in [0, 0.1) is 17.6 Å². The van der Waals surface area contributed by atoms with E-state index in [0.29, 0.717) is 36.2 Å². The Balaban J connectivity index is 1.16. The minimum absolute atomic E-state index is 0.118. The van der Waals surface area contributed by atoms with Crippen molar-refractivity contribution in [2.24, 2.45) is 5.92 Å². The second kappa shape index (κ2) is 10.8. The van der Waals surface area contributed by atoms with E-state index in [0.717, 1.165) is 29.0 Å². The first-order valence-electron chi connectivity index (χ1n) is 12.2. The number of nitrogens with zero attached hydrogens (tertiary/aromatic N) is 2. The van der Waals surface area contributed by atoms with E-state index in [1.807, 2.05) is 24.3 Å². The van der Waals surface area contributed by atoms with Crippen LogP contribution in [0.15, 0.2) is 55.0 Å². The molecule has 1 atom stereocenters. The van der Waals surface area contributed by atoms with Gasteiger partial charge >= 0.3 is 0 Å². The molecule has 3 amide bonds. The highest BCUT2D eigenvalue weighted by molar-refractivity contribution is 6.34. The molecule has 0 spiro atoms. The Morgan fingerprint density at radius 3 is 2.82 bits per heavy atom. The number of anilines is 1. The number of aromatic amines is 1. The highest BCUT2D eigenvalue weighted by atomic mass is 19.2. The minimum Gasteiger partial charge on any atom is -0.352 e. The number of rotatable bonds is 7. The summed E-state index contributed by atoms with van der Waals surface area (Å²) >= 11 is 0. The summed E-state index contributed by atoms with van der Waals surface area (Å²) in [5.74, 6) is -3.62. The number of hydrogen-bond donors (Lipinski definition) is 3. The number of carbonyl (C=O) groups is 3. The van der Waals surface area contributed by atoms with Crippen molar-refractivity contribution >= 4 is 41.1 Å². The fraction of sp³-hybridized carbons (Fsp3) is 0.214. The number of likely N-dealkylation sites (tertiary alicyclic amines) is 1. The summed E-state index contributed by atoms with van der Waals surface area (Å²) in [4.78, 5) is 46.4. The van der Waals surface area contributed by atoms with Crippen molar-refractivity contribution in [2.45, 2.75) is 19.4 Å². The molecule has 1 fully saturated rings. The molecule has 3 N–H and O–H groups in total. The number of fused-ring (bicyclic) bond motifs is 1.